The van der Waals surface area contributed by atoms with E-state index in [0.29, 0.717) is 5.82 Å². The van der Waals surface area contributed by atoms with E-state index < -0.39 is 0 Å². The Kier molecular flexibility index (Phi) is 3.82. The van der Waals surface area contributed by atoms with Gasteiger partial charge in [-0.15, -0.1) is 0 Å². The minimum absolute atomic E-state index is 0.112. The van der Waals surface area contributed by atoms with Crippen molar-refractivity contribution in [2.24, 2.45) is 0 Å². The normalized spacial score (nSPS) is 11.7. The summed E-state index contributed by atoms with van der Waals surface area (Å²) in [6, 6.07) is 5.82. The van der Waals surface area contributed by atoms with Crippen molar-refractivity contribution in [3.8, 4) is 17.0 Å². The number of nitrogen functional groups attached to an aromatic ring is 1. The first-order chi connectivity index (χ1) is 9.25. The molecule has 1 heterocycles. The smallest absolute Gasteiger partial charge is 0.132 e. The number of nitrogens with zero attached hydrogens (tertiary/aromatic N) is 2. The first kappa shape index (κ1) is 14.9. The lowest BCUT2D eigenvalue weighted by Gasteiger charge is -2.24. The van der Waals surface area contributed by atoms with Gasteiger partial charge in [0.1, 0.15) is 23.1 Å². The number of aromatic nitrogens is 2. The predicted molar refractivity (Wildman–Crippen MR) is 86.1 cm³/mol. The van der Waals surface area contributed by atoms with Gasteiger partial charge < -0.3 is 15.0 Å². The Morgan fingerprint density at radius 3 is 2.45 bits per heavy atom. The average Bonchev–Trinajstić information content (AvgIpc) is 2.64. The summed E-state index contributed by atoms with van der Waals surface area (Å²) in [6.45, 7) is 8.30. The van der Waals surface area contributed by atoms with Crippen LogP contribution in [0.4, 0.5) is 5.82 Å². The largest absolute Gasteiger partial charge is 0.496 e. The van der Waals surface area contributed by atoms with E-state index >= 15 is 0 Å². The molecule has 2 N–H and O–H groups in total. The highest BCUT2D eigenvalue weighted by molar-refractivity contribution is 9.10. The van der Waals surface area contributed by atoms with Crippen molar-refractivity contribution in [1.82, 2.24) is 9.55 Å². The van der Waals surface area contributed by atoms with Crippen molar-refractivity contribution in [2.75, 3.05) is 12.8 Å². The maximum absolute atomic E-state index is 6.33. The molecule has 2 rings (SSSR count). The van der Waals surface area contributed by atoms with E-state index in [9.17, 15) is 0 Å². The first-order valence-corrected chi connectivity index (χ1v) is 7.24. The molecule has 1 aromatic heterocycles. The summed E-state index contributed by atoms with van der Waals surface area (Å²) in [7, 11) is 1.65. The van der Waals surface area contributed by atoms with Gasteiger partial charge in [0.25, 0.3) is 0 Å². The van der Waals surface area contributed by atoms with Crippen molar-refractivity contribution in [3.63, 3.8) is 0 Å². The molecule has 20 heavy (non-hydrogen) atoms. The molecule has 108 valence electrons. The van der Waals surface area contributed by atoms with Gasteiger partial charge >= 0.3 is 0 Å². The summed E-state index contributed by atoms with van der Waals surface area (Å²) in [5.41, 5.74) is 7.87. The molecule has 0 atom stereocenters. The molecule has 0 aliphatic carbocycles. The Hall–Kier alpha value is -1.49. The van der Waals surface area contributed by atoms with Gasteiger partial charge in [-0.1, -0.05) is 15.9 Å². The molecule has 0 spiro atoms. The van der Waals surface area contributed by atoms with Gasteiger partial charge in [0.15, 0.2) is 0 Å². The van der Waals surface area contributed by atoms with E-state index in [1.807, 2.05) is 29.7 Å². The number of hydrogen-bond donors (Lipinski definition) is 1. The Morgan fingerprint density at radius 1 is 1.30 bits per heavy atom. The maximum Gasteiger partial charge on any atom is 0.132 e. The van der Waals surface area contributed by atoms with Crippen molar-refractivity contribution in [3.05, 3.63) is 28.5 Å². The number of rotatable bonds is 2. The highest BCUT2D eigenvalue weighted by atomic mass is 79.9. The third-order valence-electron chi connectivity index (χ3n) is 3.17. The monoisotopic (exact) mass is 337 g/mol. The fourth-order valence-corrected chi connectivity index (χ4v) is 2.82. The number of benzene rings is 1. The molecule has 5 heteroatoms. The van der Waals surface area contributed by atoms with E-state index in [1.54, 1.807) is 7.11 Å². The van der Waals surface area contributed by atoms with Crippen molar-refractivity contribution in [2.45, 2.75) is 33.2 Å². The molecule has 0 bridgehead atoms. The molecule has 0 amide bonds. The Labute approximate surface area is 128 Å². The zero-order valence-electron chi connectivity index (χ0n) is 12.5. The van der Waals surface area contributed by atoms with Crippen LogP contribution in [0.2, 0.25) is 0 Å². The molecule has 2 aromatic rings. The number of methoxy groups -OCH3 is 1. The summed E-state index contributed by atoms with van der Waals surface area (Å²) in [5.74, 6) is 2.32. The molecule has 0 radical (unpaired) electrons. The second-order valence-electron chi connectivity index (χ2n) is 5.74. The Morgan fingerprint density at radius 2 is 1.95 bits per heavy atom. The number of imidazole rings is 1. The van der Waals surface area contributed by atoms with E-state index in [4.69, 9.17) is 10.5 Å². The van der Waals surface area contributed by atoms with Crippen LogP contribution in [0, 0.1) is 6.92 Å². The number of halogens is 1. The first-order valence-electron chi connectivity index (χ1n) is 6.45. The summed E-state index contributed by atoms with van der Waals surface area (Å²) >= 11 is 3.48. The Balaban J connectivity index is 2.69. The lowest BCUT2D eigenvalue weighted by Crippen LogP contribution is -2.24. The summed E-state index contributed by atoms with van der Waals surface area (Å²) in [6.07, 6.45) is 0. The number of nitrogens with two attached hydrogens (primary N) is 1. The third kappa shape index (κ3) is 2.54. The summed E-state index contributed by atoms with van der Waals surface area (Å²) < 4.78 is 8.43. The number of ether oxygens (including phenoxy) is 1. The number of aryl methyl sites for hydroxylation is 1. The molecule has 0 aliphatic heterocycles. The summed E-state index contributed by atoms with van der Waals surface area (Å²) in [4.78, 5) is 4.63. The molecule has 0 fully saturated rings. The summed E-state index contributed by atoms with van der Waals surface area (Å²) in [5, 5.41) is 0. The van der Waals surface area contributed by atoms with E-state index in [0.717, 1.165) is 27.3 Å². The van der Waals surface area contributed by atoms with Gasteiger partial charge in [0.05, 0.1) is 7.11 Å². The zero-order chi connectivity index (χ0) is 15.1. The second-order valence-corrected chi connectivity index (χ2v) is 6.66. The number of anilines is 1. The van der Waals surface area contributed by atoms with Crippen molar-refractivity contribution < 1.29 is 4.74 Å². The van der Waals surface area contributed by atoms with Crippen LogP contribution in [-0.2, 0) is 5.54 Å². The molecule has 0 unspecified atom stereocenters. The molecule has 0 saturated heterocycles. The quantitative estimate of drug-likeness (QED) is 0.902. The highest BCUT2D eigenvalue weighted by Gasteiger charge is 2.24. The molecular weight excluding hydrogens is 318 g/mol. The number of hydrogen-bond acceptors (Lipinski definition) is 3. The minimum Gasteiger partial charge on any atom is -0.496 e. The maximum atomic E-state index is 6.33. The van der Waals surface area contributed by atoms with Crippen LogP contribution in [0.3, 0.4) is 0 Å². The fraction of sp³-hybridized carbons (Fsp3) is 0.400. The van der Waals surface area contributed by atoms with Gasteiger partial charge in [-0.2, -0.15) is 0 Å². The minimum atomic E-state index is -0.112. The van der Waals surface area contributed by atoms with E-state index in [-0.39, 0.29) is 5.54 Å². The van der Waals surface area contributed by atoms with Gasteiger partial charge in [0, 0.05) is 15.6 Å². The van der Waals surface area contributed by atoms with Crippen LogP contribution in [0.25, 0.3) is 11.3 Å². The molecule has 0 saturated carbocycles. The van der Waals surface area contributed by atoms with Gasteiger partial charge in [-0.05, 0) is 45.9 Å². The third-order valence-corrected chi connectivity index (χ3v) is 3.66. The average molecular weight is 338 g/mol. The van der Waals surface area contributed by atoms with Crippen LogP contribution in [0.5, 0.6) is 5.75 Å². The van der Waals surface area contributed by atoms with Crippen LogP contribution >= 0.6 is 15.9 Å². The van der Waals surface area contributed by atoms with E-state index in [2.05, 4.69) is 41.7 Å². The van der Waals surface area contributed by atoms with E-state index in [1.165, 1.54) is 0 Å². The fourth-order valence-electron chi connectivity index (χ4n) is 2.46. The van der Waals surface area contributed by atoms with Crippen LogP contribution < -0.4 is 10.5 Å². The predicted octanol–water partition coefficient (Wildman–Crippen LogP) is 3.97. The molecule has 4 nitrogen and oxygen atoms in total. The topological polar surface area (TPSA) is 53.1 Å². The van der Waals surface area contributed by atoms with Gasteiger partial charge in [-0.25, -0.2) is 4.98 Å². The standard InChI is InChI=1S/C15H20BrN3O/c1-9-18-13(14(17)19(9)15(2,3)4)11-8-10(16)6-7-12(11)20-5/h6-8H,17H2,1-5H3. The zero-order valence-corrected chi connectivity index (χ0v) is 14.1. The van der Waals surface area contributed by atoms with Crippen molar-refractivity contribution in [1.29, 1.82) is 0 Å². The SMILES string of the molecule is COc1ccc(Br)cc1-c1nc(C)n(C(C)(C)C)c1N. The lowest BCUT2D eigenvalue weighted by molar-refractivity contribution is 0.393. The van der Waals surface area contributed by atoms with Gasteiger partial charge in [0.2, 0.25) is 0 Å². The van der Waals surface area contributed by atoms with Gasteiger partial charge in [-0.3, -0.25) is 0 Å². The second kappa shape index (κ2) is 5.13. The molecule has 1 aromatic carbocycles. The van der Waals surface area contributed by atoms with Crippen LogP contribution in [-0.4, -0.2) is 16.7 Å². The van der Waals surface area contributed by atoms with Crippen LogP contribution in [0.15, 0.2) is 22.7 Å². The Bertz CT molecular complexity index is 641. The molecule has 0 aliphatic rings. The lowest BCUT2D eigenvalue weighted by atomic mass is 10.1. The highest BCUT2D eigenvalue weighted by Crippen LogP contribution is 2.37. The van der Waals surface area contributed by atoms with Crippen molar-refractivity contribution >= 4 is 21.7 Å². The van der Waals surface area contributed by atoms with Crippen LogP contribution in [0.1, 0.15) is 26.6 Å². The molecular formula is C15H20BrN3O.